The average Bonchev–Trinajstić information content (AvgIpc) is 3.00. The van der Waals surface area contributed by atoms with Crippen molar-refractivity contribution in [3.63, 3.8) is 0 Å². The van der Waals surface area contributed by atoms with Crippen LogP contribution < -0.4 is 9.62 Å². The van der Waals surface area contributed by atoms with E-state index in [-0.39, 0.29) is 18.5 Å². The van der Waals surface area contributed by atoms with E-state index in [0.29, 0.717) is 12.1 Å². The largest absolute Gasteiger partial charge is 0.352 e. The van der Waals surface area contributed by atoms with E-state index in [1.165, 1.54) is 18.4 Å². The van der Waals surface area contributed by atoms with Crippen LogP contribution in [0.4, 0.5) is 5.69 Å². The lowest BCUT2D eigenvalue weighted by Gasteiger charge is -2.36. The smallest absolute Gasteiger partial charge is 0.304 e. The summed E-state index contributed by atoms with van der Waals surface area (Å²) in [5.74, 6) is -0.661. The van der Waals surface area contributed by atoms with Crippen molar-refractivity contribution in [1.29, 1.82) is 0 Å². The van der Waals surface area contributed by atoms with Crippen LogP contribution >= 0.6 is 0 Å². The standard InChI is InChI=1S/C35H46N4O4S/c1-26-17-20-30(21-18-26)24-38(33(23-29-12-8-6-9-13-29)35(41)36-31-14-10-7-11-15-31)34(40)25-39(44(42,43)37(4)5)32-22-27(2)16-19-28(32)3/h6,8-9,12-13,16-22,31,33H,7,10-11,14-15,23-25H2,1-5H3,(H,36,41)/t33-/m1/s1. The van der Waals surface area contributed by atoms with Crippen molar-refractivity contribution >= 4 is 27.7 Å². The van der Waals surface area contributed by atoms with Crippen LogP contribution in [0.2, 0.25) is 0 Å². The van der Waals surface area contributed by atoms with Gasteiger partial charge >= 0.3 is 10.2 Å². The quantitative estimate of drug-likeness (QED) is 0.298. The minimum absolute atomic E-state index is 0.0615. The van der Waals surface area contributed by atoms with Gasteiger partial charge in [-0.1, -0.05) is 91.6 Å². The molecule has 8 nitrogen and oxygen atoms in total. The molecule has 0 unspecified atom stereocenters. The number of hydrogen-bond donors (Lipinski definition) is 1. The van der Waals surface area contributed by atoms with Crippen molar-refractivity contribution in [3.05, 3.63) is 101 Å². The highest BCUT2D eigenvalue weighted by atomic mass is 32.2. The van der Waals surface area contributed by atoms with Gasteiger partial charge in [0.05, 0.1) is 5.69 Å². The van der Waals surface area contributed by atoms with Crippen molar-refractivity contribution < 1.29 is 18.0 Å². The van der Waals surface area contributed by atoms with E-state index in [2.05, 4.69) is 5.32 Å². The molecule has 0 aromatic heterocycles. The number of rotatable bonds is 12. The van der Waals surface area contributed by atoms with Gasteiger partial charge in [0.25, 0.3) is 0 Å². The Labute approximate surface area is 263 Å². The highest BCUT2D eigenvalue weighted by Crippen LogP contribution is 2.27. The third-order valence-electron chi connectivity index (χ3n) is 8.35. The van der Waals surface area contributed by atoms with Crippen LogP contribution in [0.1, 0.15) is 59.9 Å². The van der Waals surface area contributed by atoms with Gasteiger partial charge in [0.15, 0.2) is 0 Å². The zero-order valence-electron chi connectivity index (χ0n) is 26.6. The summed E-state index contributed by atoms with van der Waals surface area (Å²) in [7, 11) is -1.13. The summed E-state index contributed by atoms with van der Waals surface area (Å²) in [5.41, 5.74) is 4.91. The van der Waals surface area contributed by atoms with E-state index in [9.17, 15) is 18.0 Å². The lowest BCUT2D eigenvalue weighted by atomic mass is 9.94. The van der Waals surface area contributed by atoms with Gasteiger partial charge in [0.1, 0.15) is 12.6 Å². The number of hydrogen-bond acceptors (Lipinski definition) is 4. The first-order valence-corrected chi connectivity index (χ1v) is 16.8. The molecule has 1 fully saturated rings. The number of benzene rings is 3. The van der Waals surface area contributed by atoms with Gasteiger partial charge in [-0.05, 0) is 61.9 Å². The van der Waals surface area contributed by atoms with E-state index in [0.717, 1.165) is 64.2 Å². The molecule has 1 aliphatic rings. The van der Waals surface area contributed by atoms with Crippen molar-refractivity contribution in [3.8, 4) is 0 Å². The molecular formula is C35H46N4O4S. The zero-order chi connectivity index (χ0) is 31.9. The van der Waals surface area contributed by atoms with Crippen LogP contribution in [0, 0.1) is 20.8 Å². The SMILES string of the molecule is Cc1ccc(CN(C(=O)CN(c2cc(C)ccc2C)S(=O)(=O)N(C)C)[C@H](Cc2ccccc2)C(=O)NC2CCCCC2)cc1. The van der Waals surface area contributed by atoms with E-state index >= 15 is 0 Å². The molecule has 0 radical (unpaired) electrons. The van der Waals surface area contributed by atoms with Crippen molar-refractivity contribution in [2.24, 2.45) is 0 Å². The molecule has 0 aliphatic heterocycles. The Balaban J connectivity index is 1.77. The maximum atomic E-state index is 14.5. The molecule has 9 heteroatoms. The average molecular weight is 619 g/mol. The van der Waals surface area contributed by atoms with E-state index in [1.807, 2.05) is 87.5 Å². The van der Waals surface area contributed by atoms with Gasteiger partial charge in [-0.2, -0.15) is 12.7 Å². The number of amides is 2. The summed E-state index contributed by atoms with van der Waals surface area (Å²) in [6.07, 6.45) is 5.42. The first-order chi connectivity index (χ1) is 21.0. The molecule has 2 amide bonds. The molecule has 1 aliphatic carbocycles. The fourth-order valence-electron chi connectivity index (χ4n) is 5.68. The fourth-order valence-corrected chi connectivity index (χ4v) is 6.79. The Morgan fingerprint density at radius 2 is 1.48 bits per heavy atom. The fraction of sp³-hybridized carbons (Fsp3) is 0.429. The van der Waals surface area contributed by atoms with Gasteiger partial charge in [0, 0.05) is 33.1 Å². The Kier molecular flexibility index (Phi) is 11.2. The van der Waals surface area contributed by atoms with E-state index < -0.39 is 28.7 Å². The van der Waals surface area contributed by atoms with Gasteiger partial charge in [-0.25, -0.2) is 4.31 Å². The van der Waals surface area contributed by atoms with Gasteiger partial charge < -0.3 is 10.2 Å². The molecule has 3 aromatic rings. The van der Waals surface area contributed by atoms with E-state index in [4.69, 9.17) is 0 Å². The normalized spacial score (nSPS) is 14.7. The molecule has 1 atom stereocenters. The summed E-state index contributed by atoms with van der Waals surface area (Å²) in [5, 5.41) is 3.25. The summed E-state index contributed by atoms with van der Waals surface area (Å²) in [4.78, 5) is 30.2. The summed E-state index contributed by atoms with van der Waals surface area (Å²) in [6, 6.07) is 22.3. The minimum atomic E-state index is -4.05. The number of carbonyl (C=O) groups is 2. The third kappa shape index (κ3) is 8.48. The molecule has 44 heavy (non-hydrogen) atoms. The second-order valence-electron chi connectivity index (χ2n) is 12.1. The maximum absolute atomic E-state index is 14.5. The summed E-state index contributed by atoms with van der Waals surface area (Å²) in [6.45, 7) is 5.43. The Hall–Kier alpha value is -3.69. The second-order valence-corrected chi connectivity index (χ2v) is 14.2. The predicted octanol–water partition coefficient (Wildman–Crippen LogP) is 5.31. The van der Waals surface area contributed by atoms with Crippen LogP contribution in [0.15, 0.2) is 72.8 Å². The van der Waals surface area contributed by atoms with Crippen molar-refractivity contribution in [1.82, 2.24) is 14.5 Å². The monoisotopic (exact) mass is 618 g/mol. The van der Waals surface area contributed by atoms with Crippen LogP contribution in [0.25, 0.3) is 0 Å². The molecule has 1 N–H and O–H groups in total. The Morgan fingerprint density at radius 1 is 0.841 bits per heavy atom. The number of carbonyl (C=O) groups excluding carboxylic acids is 2. The highest BCUT2D eigenvalue weighted by Gasteiger charge is 2.36. The van der Waals surface area contributed by atoms with Crippen LogP contribution in [-0.2, 0) is 32.8 Å². The lowest BCUT2D eigenvalue weighted by molar-refractivity contribution is -0.140. The second kappa shape index (κ2) is 14.9. The molecule has 0 heterocycles. The first-order valence-electron chi connectivity index (χ1n) is 15.4. The summed E-state index contributed by atoms with van der Waals surface area (Å²) >= 11 is 0. The Morgan fingerprint density at radius 3 is 2.11 bits per heavy atom. The van der Waals surface area contributed by atoms with Crippen molar-refractivity contribution in [2.75, 3.05) is 24.9 Å². The molecule has 0 saturated heterocycles. The molecule has 236 valence electrons. The zero-order valence-corrected chi connectivity index (χ0v) is 27.4. The van der Waals surface area contributed by atoms with Crippen LogP contribution in [0.5, 0.6) is 0 Å². The van der Waals surface area contributed by atoms with Crippen LogP contribution in [-0.4, -0.2) is 62.2 Å². The topological polar surface area (TPSA) is 90.0 Å². The Bertz CT molecular complexity index is 1520. The molecule has 1 saturated carbocycles. The van der Waals surface area contributed by atoms with E-state index in [1.54, 1.807) is 11.0 Å². The molecule has 3 aromatic carbocycles. The van der Waals surface area contributed by atoms with Gasteiger partial charge in [0.2, 0.25) is 11.8 Å². The van der Waals surface area contributed by atoms with Crippen molar-refractivity contribution in [2.45, 2.75) is 77.9 Å². The first kappa shape index (κ1) is 33.2. The van der Waals surface area contributed by atoms with Gasteiger partial charge in [-0.15, -0.1) is 0 Å². The summed E-state index contributed by atoms with van der Waals surface area (Å²) < 4.78 is 29.7. The number of aryl methyl sites for hydroxylation is 3. The highest BCUT2D eigenvalue weighted by molar-refractivity contribution is 7.90. The molecule has 4 rings (SSSR count). The number of nitrogens with one attached hydrogen (secondary N) is 1. The van der Waals surface area contributed by atoms with Crippen LogP contribution in [0.3, 0.4) is 0 Å². The number of anilines is 1. The maximum Gasteiger partial charge on any atom is 0.304 e. The number of nitrogens with zero attached hydrogens (tertiary/aromatic N) is 3. The molecular weight excluding hydrogens is 572 g/mol. The predicted molar refractivity (Wildman–Crippen MR) is 177 cm³/mol. The minimum Gasteiger partial charge on any atom is -0.352 e. The molecule has 0 spiro atoms. The van der Waals surface area contributed by atoms with Gasteiger partial charge in [-0.3, -0.25) is 9.59 Å². The third-order valence-corrected chi connectivity index (χ3v) is 10.2. The molecule has 0 bridgehead atoms. The lowest BCUT2D eigenvalue weighted by Crippen LogP contribution is -2.55.